The lowest BCUT2D eigenvalue weighted by Gasteiger charge is -2.15. The van der Waals surface area contributed by atoms with Crippen LogP contribution in [0.5, 0.6) is 0 Å². The predicted octanol–water partition coefficient (Wildman–Crippen LogP) is 4.09. The molecule has 0 aromatic carbocycles. The van der Waals surface area contributed by atoms with E-state index in [1.165, 1.54) is 0 Å². The quantitative estimate of drug-likeness (QED) is 0.486. The third-order valence-corrected chi connectivity index (χ3v) is 5.27. The summed E-state index contributed by atoms with van der Waals surface area (Å²) in [5, 5.41) is 4.51. The zero-order chi connectivity index (χ0) is 15.6. The van der Waals surface area contributed by atoms with Crippen LogP contribution in [0.25, 0.3) is 11.0 Å². The molecule has 0 fully saturated rings. The molecular weight excluding hydrogens is 327 g/mol. The first-order valence-electron chi connectivity index (χ1n) is 6.79. The van der Waals surface area contributed by atoms with Gasteiger partial charge in [0.15, 0.2) is 5.65 Å². The lowest BCUT2D eigenvalue weighted by atomic mass is 10.4. The van der Waals surface area contributed by atoms with Gasteiger partial charge in [-0.05, 0) is 17.6 Å². The van der Waals surface area contributed by atoms with Crippen LogP contribution in [0.4, 0.5) is 5.82 Å². The van der Waals surface area contributed by atoms with E-state index in [2.05, 4.69) is 34.9 Å². The fraction of sp³-hybridized carbons (Fsp3) is 0.538. The number of hydrogen-bond donors (Lipinski definition) is 1. The Hall–Kier alpha value is -0.823. The summed E-state index contributed by atoms with van der Waals surface area (Å²) < 4.78 is 7.60. The van der Waals surface area contributed by atoms with E-state index in [-0.39, 0.29) is 5.28 Å². The average molecular weight is 347 g/mol. The van der Waals surface area contributed by atoms with E-state index in [9.17, 15) is 0 Å². The fourth-order valence-corrected chi connectivity index (χ4v) is 3.15. The molecule has 1 N–H and O–H groups in total. The van der Waals surface area contributed by atoms with Crippen LogP contribution in [0.3, 0.4) is 0 Å². The molecule has 0 aliphatic heterocycles. The number of rotatable bonds is 6. The van der Waals surface area contributed by atoms with Gasteiger partial charge in [-0.2, -0.15) is 4.98 Å². The van der Waals surface area contributed by atoms with Crippen LogP contribution in [0.2, 0.25) is 36.0 Å². The molecule has 2 rings (SSSR count). The molecule has 0 bridgehead atoms. The van der Waals surface area contributed by atoms with E-state index >= 15 is 0 Å². The SMILES string of the molecule is CNc1nc(Cl)nc2c1c(Cl)cn2COCC[Si](C)(C)C. The Bertz CT molecular complexity index is 639. The van der Waals surface area contributed by atoms with E-state index in [0.717, 1.165) is 18.0 Å². The van der Waals surface area contributed by atoms with Crippen molar-refractivity contribution in [2.45, 2.75) is 32.4 Å². The maximum atomic E-state index is 6.27. The summed E-state index contributed by atoms with van der Waals surface area (Å²) >= 11 is 12.2. The Morgan fingerprint density at radius 3 is 2.62 bits per heavy atom. The van der Waals surface area contributed by atoms with Crippen LogP contribution >= 0.6 is 23.2 Å². The van der Waals surface area contributed by atoms with Gasteiger partial charge in [0.05, 0.1) is 10.4 Å². The zero-order valence-electron chi connectivity index (χ0n) is 12.7. The number of halogens is 2. The number of anilines is 1. The summed E-state index contributed by atoms with van der Waals surface area (Å²) in [6.45, 7) is 8.12. The van der Waals surface area contributed by atoms with Gasteiger partial charge in [-0.1, -0.05) is 31.2 Å². The molecule has 116 valence electrons. The van der Waals surface area contributed by atoms with Crippen molar-refractivity contribution < 1.29 is 4.74 Å². The third kappa shape index (κ3) is 4.09. The van der Waals surface area contributed by atoms with Crippen molar-refractivity contribution in [1.82, 2.24) is 14.5 Å². The number of ether oxygens (including phenoxy) is 1. The minimum Gasteiger partial charge on any atom is -0.372 e. The highest BCUT2D eigenvalue weighted by molar-refractivity contribution is 6.76. The van der Waals surface area contributed by atoms with Gasteiger partial charge in [0.2, 0.25) is 5.28 Å². The van der Waals surface area contributed by atoms with Gasteiger partial charge in [0.25, 0.3) is 0 Å². The van der Waals surface area contributed by atoms with Crippen LogP contribution in [0, 0.1) is 0 Å². The van der Waals surface area contributed by atoms with Gasteiger partial charge in [-0.25, -0.2) is 4.98 Å². The van der Waals surface area contributed by atoms with Crippen molar-refractivity contribution in [2.24, 2.45) is 0 Å². The van der Waals surface area contributed by atoms with E-state index < -0.39 is 8.07 Å². The van der Waals surface area contributed by atoms with Crippen molar-refractivity contribution >= 4 is 48.1 Å². The second-order valence-electron chi connectivity index (χ2n) is 6.08. The lowest BCUT2D eigenvalue weighted by Crippen LogP contribution is -2.22. The first-order valence-corrected chi connectivity index (χ1v) is 11.3. The number of aromatic nitrogens is 3. The summed E-state index contributed by atoms with van der Waals surface area (Å²) in [5.41, 5.74) is 0.678. The van der Waals surface area contributed by atoms with Gasteiger partial charge in [0.1, 0.15) is 12.5 Å². The maximum absolute atomic E-state index is 6.27. The normalized spacial score (nSPS) is 12.1. The molecule has 0 atom stereocenters. The molecule has 0 saturated heterocycles. The summed E-state index contributed by atoms with van der Waals surface area (Å²) in [6.07, 6.45) is 1.80. The molecule has 0 aliphatic rings. The summed E-state index contributed by atoms with van der Waals surface area (Å²) in [5.74, 6) is 0.621. The second kappa shape index (κ2) is 6.52. The van der Waals surface area contributed by atoms with Gasteiger partial charge in [0, 0.05) is 27.9 Å². The highest BCUT2D eigenvalue weighted by Gasteiger charge is 2.16. The molecule has 0 aliphatic carbocycles. The molecule has 0 spiro atoms. The van der Waals surface area contributed by atoms with Crippen molar-refractivity contribution in [3.63, 3.8) is 0 Å². The molecule has 21 heavy (non-hydrogen) atoms. The fourth-order valence-electron chi connectivity index (χ4n) is 1.93. The predicted molar refractivity (Wildman–Crippen MR) is 91.2 cm³/mol. The largest absolute Gasteiger partial charge is 0.372 e. The van der Waals surface area contributed by atoms with E-state index in [4.69, 9.17) is 27.9 Å². The van der Waals surface area contributed by atoms with E-state index in [1.807, 2.05) is 4.57 Å². The summed E-state index contributed by atoms with van der Waals surface area (Å²) in [6, 6.07) is 1.12. The monoisotopic (exact) mass is 346 g/mol. The molecule has 2 heterocycles. The molecule has 0 unspecified atom stereocenters. The summed E-state index contributed by atoms with van der Waals surface area (Å²) in [4.78, 5) is 8.39. The van der Waals surface area contributed by atoms with Gasteiger partial charge in [-0.3, -0.25) is 0 Å². The topological polar surface area (TPSA) is 52.0 Å². The van der Waals surface area contributed by atoms with E-state index in [0.29, 0.717) is 23.2 Å². The highest BCUT2D eigenvalue weighted by Crippen LogP contribution is 2.30. The molecule has 0 saturated carbocycles. The van der Waals surface area contributed by atoms with E-state index in [1.54, 1.807) is 13.2 Å². The Balaban J connectivity index is 2.19. The molecule has 0 radical (unpaired) electrons. The van der Waals surface area contributed by atoms with Gasteiger partial charge >= 0.3 is 0 Å². The minimum atomic E-state index is -1.08. The van der Waals surface area contributed by atoms with Crippen LogP contribution in [-0.4, -0.2) is 36.3 Å². The molecule has 5 nitrogen and oxygen atoms in total. The Labute approximate surface area is 135 Å². The number of hydrogen-bond acceptors (Lipinski definition) is 4. The Morgan fingerprint density at radius 2 is 2.00 bits per heavy atom. The van der Waals surface area contributed by atoms with Crippen LogP contribution in [-0.2, 0) is 11.5 Å². The molecule has 2 aromatic rings. The second-order valence-corrected chi connectivity index (χ2v) is 12.5. The first kappa shape index (κ1) is 16.5. The Kier molecular flexibility index (Phi) is 5.14. The van der Waals surface area contributed by atoms with Crippen LogP contribution in [0.1, 0.15) is 0 Å². The maximum Gasteiger partial charge on any atom is 0.226 e. The van der Waals surface area contributed by atoms with Crippen molar-refractivity contribution in [1.29, 1.82) is 0 Å². The zero-order valence-corrected chi connectivity index (χ0v) is 15.2. The molecule has 0 amide bonds. The van der Waals surface area contributed by atoms with Gasteiger partial charge in [-0.15, -0.1) is 0 Å². The van der Waals surface area contributed by atoms with Crippen molar-refractivity contribution in [3.8, 4) is 0 Å². The third-order valence-electron chi connectivity index (χ3n) is 3.11. The highest BCUT2D eigenvalue weighted by atomic mass is 35.5. The van der Waals surface area contributed by atoms with Crippen LogP contribution < -0.4 is 5.32 Å². The summed E-state index contributed by atoms with van der Waals surface area (Å²) in [7, 11) is 0.689. The smallest absolute Gasteiger partial charge is 0.226 e. The molecule has 2 aromatic heterocycles. The molecular formula is C13H20Cl2N4OSi. The number of fused-ring (bicyclic) bond motifs is 1. The first-order chi connectivity index (χ1) is 9.81. The average Bonchev–Trinajstić information content (AvgIpc) is 2.69. The molecule has 8 heteroatoms. The lowest BCUT2D eigenvalue weighted by molar-refractivity contribution is 0.0899. The Morgan fingerprint density at radius 1 is 1.29 bits per heavy atom. The standard InChI is InChI=1S/C13H20Cl2N4OSi/c1-16-11-10-9(14)7-19(12(10)18-13(15)17-11)8-20-5-6-21(2,3)4/h7H,5-6,8H2,1-4H3,(H,16,17,18). The van der Waals surface area contributed by atoms with Crippen LogP contribution in [0.15, 0.2) is 6.20 Å². The van der Waals surface area contributed by atoms with Crippen molar-refractivity contribution in [3.05, 3.63) is 16.5 Å². The number of nitrogens with zero attached hydrogens (tertiary/aromatic N) is 3. The van der Waals surface area contributed by atoms with Gasteiger partial charge < -0.3 is 14.6 Å². The number of nitrogens with one attached hydrogen (secondary N) is 1. The minimum absolute atomic E-state index is 0.185. The van der Waals surface area contributed by atoms with Crippen molar-refractivity contribution in [2.75, 3.05) is 19.0 Å².